The maximum atomic E-state index is 4.28. The van der Waals surface area contributed by atoms with E-state index in [1.54, 1.807) is 0 Å². The summed E-state index contributed by atoms with van der Waals surface area (Å²) in [6.45, 7) is 12.5. The second-order valence-corrected chi connectivity index (χ2v) is 6.64. The van der Waals surface area contributed by atoms with Crippen LogP contribution in [0.15, 0.2) is 18.5 Å². The van der Waals surface area contributed by atoms with Gasteiger partial charge in [-0.25, -0.2) is 0 Å². The van der Waals surface area contributed by atoms with Gasteiger partial charge in [0.1, 0.15) is 0 Å². The molecule has 1 aliphatic heterocycles. The molecular formula is C17H29N3. The van der Waals surface area contributed by atoms with Gasteiger partial charge in [0.05, 0.1) is 0 Å². The zero-order valence-corrected chi connectivity index (χ0v) is 13.2. The van der Waals surface area contributed by atoms with Crippen molar-refractivity contribution in [2.45, 2.75) is 40.2 Å². The fraction of sp³-hybridized carbons (Fsp3) is 0.706. The number of piperidine rings is 1. The molecule has 0 amide bonds. The minimum atomic E-state index is 0.754. The first-order valence-electron chi connectivity index (χ1n) is 7.97. The summed E-state index contributed by atoms with van der Waals surface area (Å²) in [5.74, 6) is 1.62. The van der Waals surface area contributed by atoms with Crippen LogP contribution in [0, 0.1) is 18.8 Å². The number of nitrogens with one attached hydrogen (secondary N) is 1. The molecule has 1 fully saturated rings. The molecular weight excluding hydrogens is 246 g/mol. The smallest absolute Gasteiger partial charge is 0.0313 e. The van der Waals surface area contributed by atoms with E-state index in [1.807, 2.05) is 12.4 Å². The predicted octanol–water partition coefficient (Wildman–Crippen LogP) is 2.85. The zero-order chi connectivity index (χ0) is 14.4. The summed E-state index contributed by atoms with van der Waals surface area (Å²) in [7, 11) is 0. The van der Waals surface area contributed by atoms with Crippen LogP contribution in [0.3, 0.4) is 0 Å². The van der Waals surface area contributed by atoms with Crippen LogP contribution in [0.2, 0.25) is 0 Å². The van der Waals surface area contributed by atoms with E-state index in [2.05, 4.69) is 42.0 Å². The maximum Gasteiger partial charge on any atom is 0.0313 e. The lowest BCUT2D eigenvalue weighted by Gasteiger charge is -2.32. The Balaban J connectivity index is 1.69. The minimum Gasteiger partial charge on any atom is -0.316 e. The van der Waals surface area contributed by atoms with Crippen LogP contribution in [0.25, 0.3) is 0 Å². The second-order valence-electron chi connectivity index (χ2n) is 6.64. The van der Waals surface area contributed by atoms with Gasteiger partial charge in [-0.3, -0.25) is 9.88 Å². The van der Waals surface area contributed by atoms with E-state index in [0.717, 1.165) is 24.9 Å². The van der Waals surface area contributed by atoms with E-state index in [1.165, 1.54) is 43.6 Å². The largest absolute Gasteiger partial charge is 0.316 e. The Labute approximate surface area is 123 Å². The third kappa shape index (κ3) is 5.22. The first-order chi connectivity index (χ1) is 9.63. The SMILES string of the molecule is Cc1cncc(CN2CCC(CNCC(C)C)CC2)c1. The van der Waals surface area contributed by atoms with Crippen LogP contribution in [0.5, 0.6) is 0 Å². The first kappa shape index (κ1) is 15.5. The van der Waals surface area contributed by atoms with Gasteiger partial charge in [-0.2, -0.15) is 0 Å². The molecule has 0 radical (unpaired) electrons. The molecule has 0 bridgehead atoms. The summed E-state index contributed by atoms with van der Waals surface area (Å²) >= 11 is 0. The standard InChI is InChI=1S/C17H29N3/c1-14(2)9-18-11-16-4-6-20(7-5-16)13-17-8-15(3)10-19-12-17/h8,10,12,14,16,18H,4-7,9,11,13H2,1-3H3. The highest BCUT2D eigenvalue weighted by Gasteiger charge is 2.19. The Morgan fingerprint density at radius 2 is 2.05 bits per heavy atom. The van der Waals surface area contributed by atoms with E-state index in [4.69, 9.17) is 0 Å². The predicted molar refractivity (Wildman–Crippen MR) is 84.7 cm³/mol. The molecule has 1 aromatic rings. The summed E-state index contributed by atoms with van der Waals surface area (Å²) < 4.78 is 0. The summed E-state index contributed by atoms with van der Waals surface area (Å²) in [6, 6.07) is 2.25. The van der Waals surface area contributed by atoms with Gasteiger partial charge < -0.3 is 5.32 Å². The van der Waals surface area contributed by atoms with Crippen molar-refractivity contribution in [3.05, 3.63) is 29.6 Å². The van der Waals surface area contributed by atoms with Gasteiger partial charge in [0.2, 0.25) is 0 Å². The van der Waals surface area contributed by atoms with Crippen molar-refractivity contribution in [1.29, 1.82) is 0 Å². The molecule has 0 aromatic carbocycles. The summed E-state index contributed by atoms with van der Waals surface area (Å²) in [4.78, 5) is 6.85. The van der Waals surface area contributed by atoms with Crippen molar-refractivity contribution < 1.29 is 0 Å². The van der Waals surface area contributed by atoms with Crippen molar-refractivity contribution in [1.82, 2.24) is 15.2 Å². The highest BCUT2D eigenvalue weighted by molar-refractivity contribution is 5.16. The van der Waals surface area contributed by atoms with Crippen LogP contribution < -0.4 is 5.32 Å². The molecule has 0 atom stereocenters. The van der Waals surface area contributed by atoms with Gasteiger partial charge in [0, 0.05) is 18.9 Å². The van der Waals surface area contributed by atoms with Gasteiger partial charge in [-0.15, -0.1) is 0 Å². The lowest BCUT2D eigenvalue weighted by molar-refractivity contribution is 0.175. The normalized spacial score (nSPS) is 17.8. The molecule has 1 saturated heterocycles. The fourth-order valence-corrected chi connectivity index (χ4v) is 2.89. The average Bonchev–Trinajstić information content (AvgIpc) is 2.40. The summed E-state index contributed by atoms with van der Waals surface area (Å²) in [5.41, 5.74) is 2.61. The third-order valence-electron chi connectivity index (χ3n) is 4.03. The molecule has 0 unspecified atom stereocenters. The molecule has 0 saturated carbocycles. The molecule has 20 heavy (non-hydrogen) atoms. The number of aryl methyl sites for hydroxylation is 1. The lowest BCUT2D eigenvalue weighted by atomic mass is 9.96. The highest BCUT2D eigenvalue weighted by atomic mass is 15.1. The number of hydrogen-bond acceptors (Lipinski definition) is 3. The Hall–Kier alpha value is -0.930. The Bertz CT molecular complexity index is 395. The maximum absolute atomic E-state index is 4.28. The lowest BCUT2D eigenvalue weighted by Crippen LogP contribution is -2.37. The Kier molecular flexibility index (Phi) is 5.99. The van der Waals surface area contributed by atoms with Crippen LogP contribution in [0.1, 0.15) is 37.8 Å². The fourth-order valence-electron chi connectivity index (χ4n) is 2.89. The summed E-state index contributed by atoms with van der Waals surface area (Å²) in [6.07, 6.45) is 6.58. The average molecular weight is 275 g/mol. The van der Waals surface area contributed by atoms with Crippen LogP contribution in [-0.4, -0.2) is 36.1 Å². The van der Waals surface area contributed by atoms with Crippen molar-refractivity contribution in [3.63, 3.8) is 0 Å². The van der Waals surface area contributed by atoms with Gasteiger partial charge in [-0.1, -0.05) is 19.9 Å². The van der Waals surface area contributed by atoms with E-state index < -0.39 is 0 Å². The number of hydrogen-bond donors (Lipinski definition) is 1. The van der Waals surface area contributed by atoms with E-state index in [-0.39, 0.29) is 0 Å². The molecule has 0 aliphatic carbocycles. The molecule has 1 aliphatic rings. The van der Waals surface area contributed by atoms with Crippen LogP contribution in [0.4, 0.5) is 0 Å². The van der Waals surface area contributed by atoms with Crippen molar-refractivity contribution in [3.8, 4) is 0 Å². The van der Waals surface area contributed by atoms with E-state index in [0.29, 0.717) is 0 Å². The van der Waals surface area contributed by atoms with Gasteiger partial charge in [0.25, 0.3) is 0 Å². The molecule has 0 spiro atoms. The van der Waals surface area contributed by atoms with Crippen molar-refractivity contribution in [2.75, 3.05) is 26.2 Å². The number of nitrogens with zero attached hydrogens (tertiary/aromatic N) is 2. The van der Waals surface area contributed by atoms with E-state index in [9.17, 15) is 0 Å². The van der Waals surface area contributed by atoms with Crippen LogP contribution >= 0.6 is 0 Å². The third-order valence-corrected chi connectivity index (χ3v) is 4.03. The van der Waals surface area contributed by atoms with Gasteiger partial charge in [0.15, 0.2) is 0 Å². The topological polar surface area (TPSA) is 28.2 Å². The number of pyridine rings is 1. The Morgan fingerprint density at radius 1 is 1.30 bits per heavy atom. The second kappa shape index (κ2) is 7.75. The van der Waals surface area contributed by atoms with Crippen molar-refractivity contribution >= 4 is 0 Å². The molecule has 1 aromatic heterocycles. The number of rotatable bonds is 6. The summed E-state index contributed by atoms with van der Waals surface area (Å²) in [5, 5.41) is 3.60. The van der Waals surface area contributed by atoms with Crippen LogP contribution in [-0.2, 0) is 6.54 Å². The molecule has 112 valence electrons. The molecule has 2 rings (SSSR count). The Morgan fingerprint density at radius 3 is 2.70 bits per heavy atom. The highest BCUT2D eigenvalue weighted by Crippen LogP contribution is 2.18. The van der Waals surface area contributed by atoms with Gasteiger partial charge >= 0.3 is 0 Å². The minimum absolute atomic E-state index is 0.754. The quantitative estimate of drug-likeness (QED) is 0.865. The monoisotopic (exact) mass is 275 g/mol. The first-order valence-corrected chi connectivity index (χ1v) is 7.97. The number of likely N-dealkylation sites (tertiary alicyclic amines) is 1. The molecule has 3 heteroatoms. The molecule has 3 nitrogen and oxygen atoms in total. The number of aromatic nitrogens is 1. The van der Waals surface area contributed by atoms with E-state index >= 15 is 0 Å². The zero-order valence-electron chi connectivity index (χ0n) is 13.2. The van der Waals surface area contributed by atoms with Crippen molar-refractivity contribution in [2.24, 2.45) is 11.8 Å². The molecule has 1 N–H and O–H groups in total. The molecule has 2 heterocycles. The van der Waals surface area contributed by atoms with Gasteiger partial charge in [-0.05, 0) is 68.9 Å².